The standard InChI is InChI=1S/C19H25FN2O/c1-12-2-3-16(7-17(12)20)22-18(23)11-21-19-8-13-4-14(9-19)6-15(5-13)10-19/h2-3,7,13-15,21H,4-6,8-11H2,1H3,(H,22,23)/p+1. The first-order valence-corrected chi connectivity index (χ1v) is 8.92. The third-order valence-electron chi connectivity index (χ3n) is 6.26. The van der Waals surface area contributed by atoms with Crippen molar-refractivity contribution in [3.63, 3.8) is 0 Å². The van der Waals surface area contributed by atoms with Crippen LogP contribution in [0.4, 0.5) is 10.1 Å². The molecule has 0 aliphatic heterocycles. The van der Waals surface area contributed by atoms with Crippen LogP contribution in [0.15, 0.2) is 18.2 Å². The molecule has 3 nitrogen and oxygen atoms in total. The van der Waals surface area contributed by atoms with E-state index in [9.17, 15) is 9.18 Å². The van der Waals surface area contributed by atoms with E-state index in [0.717, 1.165) is 17.8 Å². The molecule has 5 rings (SSSR count). The number of hydrogen-bond donors (Lipinski definition) is 2. The summed E-state index contributed by atoms with van der Waals surface area (Å²) in [7, 11) is 0. The molecule has 4 aliphatic rings. The van der Waals surface area contributed by atoms with Crippen LogP contribution in [0.25, 0.3) is 0 Å². The molecule has 3 N–H and O–H groups in total. The fourth-order valence-corrected chi connectivity index (χ4v) is 5.62. The molecule has 23 heavy (non-hydrogen) atoms. The first-order valence-electron chi connectivity index (χ1n) is 8.92. The van der Waals surface area contributed by atoms with Gasteiger partial charge in [-0.2, -0.15) is 0 Å². The highest BCUT2D eigenvalue weighted by Crippen LogP contribution is 2.54. The lowest BCUT2D eigenvalue weighted by Gasteiger charge is -2.54. The molecule has 0 radical (unpaired) electrons. The number of carbonyl (C=O) groups excluding carboxylic acids is 1. The van der Waals surface area contributed by atoms with Gasteiger partial charge in [0.15, 0.2) is 6.54 Å². The molecule has 1 aromatic rings. The zero-order valence-electron chi connectivity index (χ0n) is 13.8. The third-order valence-corrected chi connectivity index (χ3v) is 6.26. The first-order chi connectivity index (χ1) is 11.0. The number of nitrogens with two attached hydrogens (primary N) is 1. The lowest BCUT2D eigenvalue weighted by Crippen LogP contribution is -3.00. The van der Waals surface area contributed by atoms with Gasteiger partial charge in [0, 0.05) is 24.9 Å². The highest BCUT2D eigenvalue weighted by Gasteiger charge is 2.53. The summed E-state index contributed by atoms with van der Waals surface area (Å²) in [4.78, 5) is 12.2. The molecule has 4 bridgehead atoms. The summed E-state index contributed by atoms with van der Waals surface area (Å²) in [6, 6.07) is 4.87. The van der Waals surface area contributed by atoms with Crippen LogP contribution in [0.3, 0.4) is 0 Å². The van der Waals surface area contributed by atoms with Gasteiger partial charge in [0.25, 0.3) is 5.91 Å². The molecule has 1 amide bonds. The highest BCUT2D eigenvalue weighted by molar-refractivity contribution is 5.91. The number of rotatable bonds is 4. The summed E-state index contributed by atoms with van der Waals surface area (Å²) in [6.45, 7) is 2.17. The van der Waals surface area contributed by atoms with Gasteiger partial charge in [-0.15, -0.1) is 0 Å². The lowest BCUT2D eigenvalue weighted by atomic mass is 9.53. The number of aryl methyl sites for hydroxylation is 1. The monoisotopic (exact) mass is 317 g/mol. The lowest BCUT2D eigenvalue weighted by molar-refractivity contribution is -0.729. The van der Waals surface area contributed by atoms with Crippen LogP contribution in [-0.2, 0) is 4.79 Å². The van der Waals surface area contributed by atoms with Crippen LogP contribution in [0.2, 0.25) is 0 Å². The van der Waals surface area contributed by atoms with E-state index >= 15 is 0 Å². The Kier molecular flexibility index (Phi) is 3.67. The number of carbonyl (C=O) groups is 1. The normalized spacial score (nSPS) is 34.6. The summed E-state index contributed by atoms with van der Waals surface area (Å²) < 4.78 is 13.6. The van der Waals surface area contributed by atoms with Gasteiger partial charge in [-0.1, -0.05) is 6.07 Å². The minimum absolute atomic E-state index is 0.0241. The number of halogens is 1. The number of amides is 1. The van der Waals surface area contributed by atoms with Crippen molar-refractivity contribution in [1.29, 1.82) is 0 Å². The van der Waals surface area contributed by atoms with E-state index < -0.39 is 0 Å². The van der Waals surface area contributed by atoms with Crippen LogP contribution >= 0.6 is 0 Å². The second kappa shape index (κ2) is 5.59. The van der Waals surface area contributed by atoms with E-state index in [1.54, 1.807) is 19.1 Å². The highest BCUT2D eigenvalue weighted by atomic mass is 19.1. The molecule has 0 atom stereocenters. The Bertz CT molecular complexity index is 593. The van der Waals surface area contributed by atoms with Crippen molar-refractivity contribution in [2.75, 3.05) is 11.9 Å². The van der Waals surface area contributed by atoms with Crippen molar-refractivity contribution in [1.82, 2.24) is 0 Å². The van der Waals surface area contributed by atoms with Crippen molar-refractivity contribution >= 4 is 11.6 Å². The number of benzene rings is 1. The molecular formula is C19H26FN2O+. The van der Waals surface area contributed by atoms with Crippen molar-refractivity contribution < 1.29 is 14.5 Å². The molecule has 4 heteroatoms. The summed E-state index contributed by atoms with van der Waals surface area (Å²) in [5.41, 5.74) is 1.46. The average molecular weight is 317 g/mol. The number of nitrogens with one attached hydrogen (secondary N) is 1. The van der Waals surface area contributed by atoms with Gasteiger partial charge >= 0.3 is 0 Å². The zero-order valence-corrected chi connectivity index (χ0v) is 13.8. The fraction of sp³-hybridized carbons (Fsp3) is 0.632. The van der Waals surface area contributed by atoms with Crippen LogP contribution in [-0.4, -0.2) is 18.0 Å². The summed E-state index contributed by atoms with van der Waals surface area (Å²) in [5.74, 6) is 2.39. The van der Waals surface area contributed by atoms with E-state index in [0.29, 0.717) is 23.3 Å². The molecule has 1 aromatic carbocycles. The zero-order chi connectivity index (χ0) is 16.0. The van der Waals surface area contributed by atoms with Crippen molar-refractivity contribution in [3.05, 3.63) is 29.6 Å². The molecular weight excluding hydrogens is 291 g/mol. The Morgan fingerprint density at radius 1 is 1.22 bits per heavy atom. The Balaban J connectivity index is 1.35. The average Bonchev–Trinajstić information content (AvgIpc) is 2.48. The molecule has 124 valence electrons. The van der Waals surface area contributed by atoms with E-state index in [2.05, 4.69) is 10.6 Å². The Morgan fingerprint density at radius 2 is 1.83 bits per heavy atom. The van der Waals surface area contributed by atoms with Gasteiger partial charge in [-0.25, -0.2) is 4.39 Å². The second-order valence-corrected chi connectivity index (χ2v) is 8.20. The van der Waals surface area contributed by atoms with Crippen molar-refractivity contribution in [2.45, 2.75) is 51.0 Å². The van der Waals surface area contributed by atoms with Crippen LogP contribution in [0.1, 0.15) is 44.1 Å². The minimum atomic E-state index is -0.270. The van der Waals surface area contributed by atoms with Gasteiger partial charge in [0.05, 0.1) is 5.54 Å². The predicted octanol–water partition coefficient (Wildman–Crippen LogP) is 2.60. The number of hydrogen-bond acceptors (Lipinski definition) is 1. The molecule has 4 aliphatic carbocycles. The van der Waals surface area contributed by atoms with Gasteiger partial charge < -0.3 is 10.6 Å². The van der Waals surface area contributed by atoms with Gasteiger partial charge in [0.1, 0.15) is 5.82 Å². The smallest absolute Gasteiger partial charge is 0.279 e. The Labute approximate surface area is 137 Å². The van der Waals surface area contributed by atoms with Crippen LogP contribution in [0, 0.1) is 30.5 Å². The number of anilines is 1. The maximum atomic E-state index is 13.6. The molecule has 0 aromatic heterocycles. The SMILES string of the molecule is Cc1ccc(NC(=O)C[NH2+]C23CC4CC(CC(C4)C2)C3)cc1F. The van der Waals surface area contributed by atoms with E-state index in [1.165, 1.54) is 44.6 Å². The summed E-state index contributed by atoms with van der Waals surface area (Å²) >= 11 is 0. The fourth-order valence-electron chi connectivity index (χ4n) is 5.62. The molecule has 4 saturated carbocycles. The molecule has 0 heterocycles. The van der Waals surface area contributed by atoms with Crippen molar-refractivity contribution in [2.24, 2.45) is 17.8 Å². The topological polar surface area (TPSA) is 45.7 Å². The summed E-state index contributed by atoms with van der Waals surface area (Å²) in [6.07, 6.45) is 8.11. The Morgan fingerprint density at radius 3 is 2.39 bits per heavy atom. The van der Waals surface area contributed by atoms with E-state index in [4.69, 9.17) is 0 Å². The van der Waals surface area contributed by atoms with E-state index in [-0.39, 0.29) is 11.7 Å². The van der Waals surface area contributed by atoms with Gasteiger partial charge in [0.2, 0.25) is 0 Å². The van der Waals surface area contributed by atoms with Gasteiger partial charge in [-0.05, 0) is 61.6 Å². The maximum Gasteiger partial charge on any atom is 0.279 e. The minimum Gasteiger partial charge on any atom is -0.334 e. The van der Waals surface area contributed by atoms with Crippen molar-refractivity contribution in [3.8, 4) is 0 Å². The van der Waals surface area contributed by atoms with E-state index in [1.807, 2.05) is 0 Å². The maximum absolute atomic E-state index is 13.6. The molecule has 4 fully saturated rings. The molecule has 0 unspecified atom stereocenters. The van der Waals surface area contributed by atoms with Gasteiger partial charge in [-0.3, -0.25) is 4.79 Å². The summed E-state index contributed by atoms with van der Waals surface area (Å²) in [5, 5.41) is 5.12. The molecule has 0 spiro atoms. The quantitative estimate of drug-likeness (QED) is 0.881. The third kappa shape index (κ3) is 3.01. The Hall–Kier alpha value is -1.42. The number of quaternary nitrogens is 1. The first kappa shape index (κ1) is 15.1. The van der Waals surface area contributed by atoms with Crippen LogP contribution in [0.5, 0.6) is 0 Å². The van der Waals surface area contributed by atoms with Crippen LogP contribution < -0.4 is 10.6 Å². The predicted molar refractivity (Wildman–Crippen MR) is 87.5 cm³/mol. The largest absolute Gasteiger partial charge is 0.334 e. The second-order valence-electron chi connectivity index (χ2n) is 8.20. The molecule has 0 saturated heterocycles.